The summed E-state index contributed by atoms with van der Waals surface area (Å²) < 4.78 is 19.2. The average Bonchev–Trinajstić information content (AvgIpc) is 2.77. The zero-order chi connectivity index (χ0) is 13.1. The maximum Gasteiger partial charge on any atom is 0.146 e. The van der Waals surface area contributed by atoms with E-state index in [0.29, 0.717) is 11.6 Å². The third kappa shape index (κ3) is 2.65. The predicted molar refractivity (Wildman–Crippen MR) is 71.2 cm³/mol. The van der Waals surface area contributed by atoms with E-state index in [2.05, 4.69) is 4.90 Å². The molecule has 0 aliphatic carbocycles. The van der Waals surface area contributed by atoms with Gasteiger partial charge in [0.15, 0.2) is 0 Å². The normalized spacial score (nSPS) is 21.3. The van der Waals surface area contributed by atoms with Crippen molar-refractivity contribution in [2.45, 2.75) is 19.4 Å². The second kappa shape index (κ2) is 5.67. The highest BCUT2D eigenvalue weighted by molar-refractivity contribution is 5.56. The Morgan fingerprint density at radius 1 is 1.56 bits per heavy atom. The summed E-state index contributed by atoms with van der Waals surface area (Å²) in [4.78, 5) is 2.09. The number of hydrogen-bond acceptors (Lipinski definition) is 3. The van der Waals surface area contributed by atoms with E-state index in [1.807, 2.05) is 13.0 Å². The number of benzene rings is 1. The lowest BCUT2D eigenvalue weighted by Crippen LogP contribution is -2.24. The van der Waals surface area contributed by atoms with Crippen LogP contribution in [-0.2, 0) is 4.74 Å². The summed E-state index contributed by atoms with van der Waals surface area (Å²) in [6.45, 7) is 4.34. The molecule has 0 spiro atoms. The fourth-order valence-corrected chi connectivity index (χ4v) is 2.64. The van der Waals surface area contributed by atoms with E-state index in [9.17, 15) is 4.39 Å². The zero-order valence-corrected chi connectivity index (χ0v) is 11.0. The summed E-state index contributed by atoms with van der Waals surface area (Å²) in [5, 5.41) is 0. The van der Waals surface area contributed by atoms with E-state index in [1.165, 1.54) is 6.07 Å². The van der Waals surface area contributed by atoms with E-state index in [1.54, 1.807) is 13.2 Å². The van der Waals surface area contributed by atoms with E-state index >= 15 is 0 Å². The van der Waals surface area contributed by atoms with Gasteiger partial charge in [0, 0.05) is 32.2 Å². The van der Waals surface area contributed by atoms with E-state index < -0.39 is 0 Å². The average molecular weight is 252 g/mol. The number of nitrogens with zero attached hydrogens (tertiary/aromatic N) is 1. The molecule has 0 bridgehead atoms. The first-order valence-electron chi connectivity index (χ1n) is 6.41. The van der Waals surface area contributed by atoms with Gasteiger partial charge in [0.05, 0.1) is 12.3 Å². The number of rotatable bonds is 4. The second-order valence-electron chi connectivity index (χ2n) is 5.02. The molecule has 4 heteroatoms. The topological polar surface area (TPSA) is 38.5 Å². The van der Waals surface area contributed by atoms with Crippen LogP contribution < -0.4 is 10.6 Å². The van der Waals surface area contributed by atoms with Crippen LogP contribution in [0.4, 0.5) is 10.1 Å². The van der Waals surface area contributed by atoms with Crippen molar-refractivity contribution in [3.05, 3.63) is 29.6 Å². The molecule has 2 N–H and O–H groups in total. The van der Waals surface area contributed by atoms with Crippen LogP contribution in [0.1, 0.15) is 24.9 Å². The lowest BCUT2D eigenvalue weighted by Gasteiger charge is -2.24. The van der Waals surface area contributed by atoms with Gasteiger partial charge in [-0.3, -0.25) is 0 Å². The number of halogens is 1. The number of anilines is 1. The monoisotopic (exact) mass is 252 g/mol. The van der Waals surface area contributed by atoms with Gasteiger partial charge in [0.1, 0.15) is 5.82 Å². The highest BCUT2D eigenvalue weighted by Crippen LogP contribution is 2.32. The predicted octanol–water partition coefficient (Wildman–Crippen LogP) is 2.32. The summed E-state index contributed by atoms with van der Waals surface area (Å²) >= 11 is 0. The number of ether oxygens (including phenoxy) is 1. The zero-order valence-electron chi connectivity index (χ0n) is 11.0. The van der Waals surface area contributed by atoms with Crippen molar-refractivity contribution >= 4 is 5.69 Å². The van der Waals surface area contributed by atoms with E-state index in [4.69, 9.17) is 10.5 Å². The summed E-state index contributed by atoms with van der Waals surface area (Å²) in [6.07, 6.45) is 1.04. The SMILES string of the molecule is COCC1CCN(c2c(F)cccc2[C@@H](C)N)C1. The van der Waals surface area contributed by atoms with E-state index in [0.717, 1.165) is 31.7 Å². The Bertz CT molecular complexity index is 409. The molecule has 1 saturated heterocycles. The van der Waals surface area contributed by atoms with Crippen LogP contribution in [0.25, 0.3) is 0 Å². The van der Waals surface area contributed by atoms with Gasteiger partial charge >= 0.3 is 0 Å². The molecule has 18 heavy (non-hydrogen) atoms. The summed E-state index contributed by atoms with van der Waals surface area (Å²) in [5.41, 5.74) is 7.48. The van der Waals surface area contributed by atoms with E-state index in [-0.39, 0.29) is 11.9 Å². The van der Waals surface area contributed by atoms with Crippen molar-refractivity contribution in [2.24, 2.45) is 11.7 Å². The first-order valence-corrected chi connectivity index (χ1v) is 6.41. The molecule has 0 aromatic heterocycles. The first-order chi connectivity index (χ1) is 8.63. The van der Waals surface area contributed by atoms with Crippen molar-refractivity contribution in [3.8, 4) is 0 Å². The molecule has 2 atom stereocenters. The maximum absolute atomic E-state index is 14.0. The Kier molecular flexibility index (Phi) is 4.19. The third-order valence-corrected chi connectivity index (χ3v) is 3.51. The molecule has 1 unspecified atom stereocenters. The summed E-state index contributed by atoms with van der Waals surface area (Å²) in [5.74, 6) is 0.304. The Morgan fingerprint density at radius 2 is 2.33 bits per heavy atom. The van der Waals surface area contributed by atoms with Gasteiger partial charge in [-0.2, -0.15) is 0 Å². The molecule has 1 aromatic rings. The molecule has 2 rings (SSSR count). The van der Waals surface area contributed by atoms with Gasteiger partial charge < -0.3 is 15.4 Å². The van der Waals surface area contributed by atoms with Crippen LogP contribution in [0.15, 0.2) is 18.2 Å². The van der Waals surface area contributed by atoms with Gasteiger partial charge in [0.2, 0.25) is 0 Å². The molecule has 0 saturated carbocycles. The number of methoxy groups -OCH3 is 1. The lowest BCUT2D eigenvalue weighted by atomic mass is 10.1. The molecule has 1 fully saturated rings. The molecule has 1 aromatic carbocycles. The molecular weight excluding hydrogens is 231 g/mol. The minimum Gasteiger partial charge on any atom is -0.384 e. The maximum atomic E-state index is 14.0. The highest BCUT2D eigenvalue weighted by atomic mass is 19.1. The van der Waals surface area contributed by atoms with Crippen LogP contribution in [0, 0.1) is 11.7 Å². The molecule has 3 nitrogen and oxygen atoms in total. The Labute approximate surface area is 108 Å². The van der Waals surface area contributed by atoms with Gasteiger partial charge in [0.25, 0.3) is 0 Å². The Morgan fingerprint density at radius 3 is 3.00 bits per heavy atom. The van der Waals surface area contributed by atoms with Crippen LogP contribution in [-0.4, -0.2) is 26.8 Å². The summed E-state index contributed by atoms with van der Waals surface area (Å²) in [7, 11) is 1.71. The fourth-order valence-electron chi connectivity index (χ4n) is 2.64. The molecule has 1 aliphatic rings. The minimum absolute atomic E-state index is 0.155. The van der Waals surface area contributed by atoms with Crippen molar-refractivity contribution in [3.63, 3.8) is 0 Å². The van der Waals surface area contributed by atoms with Crippen LogP contribution >= 0.6 is 0 Å². The largest absolute Gasteiger partial charge is 0.384 e. The quantitative estimate of drug-likeness (QED) is 0.893. The molecule has 100 valence electrons. The van der Waals surface area contributed by atoms with Crippen molar-refractivity contribution in [2.75, 3.05) is 31.7 Å². The van der Waals surface area contributed by atoms with Gasteiger partial charge in [-0.25, -0.2) is 4.39 Å². The number of hydrogen-bond donors (Lipinski definition) is 1. The van der Waals surface area contributed by atoms with Crippen LogP contribution in [0.3, 0.4) is 0 Å². The summed E-state index contributed by atoms with van der Waals surface area (Å²) in [6, 6.07) is 4.98. The number of para-hydroxylation sites is 1. The van der Waals surface area contributed by atoms with Gasteiger partial charge in [-0.1, -0.05) is 12.1 Å². The van der Waals surface area contributed by atoms with Crippen molar-refractivity contribution in [1.29, 1.82) is 0 Å². The van der Waals surface area contributed by atoms with Crippen molar-refractivity contribution in [1.82, 2.24) is 0 Å². The molecule has 0 radical (unpaired) electrons. The van der Waals surface area contributed by atoms with Crippen molar-refractivity contribution < 1.29 is 9.13 Å². The minimum atomic E-state index is -0.178. The Hall–Kier alpha value is -1.13. The van der Waals surface area contributed by atoms with Gasteiger partial charge in [-0.15, -0.1) is 0 Å². The lowest BCUT2D eigenvalue weighted by molar-refractivity contribution is 0.161. The molecule has 1 heterocycles. The first kappa shape index (κ1) is 13.3. The van der Waals surface area contributed by atoms with Crippen LogP contribution in [0.5, 0.6) is 0 Å². The van der Waals surface area contributed by atoms with Gasteiger partial charge in [-0.05, 0) is 25.0 Å². The standard InChI is InChI=1S/C14H21FN2O/c1-10(16)12-4-3-5-13(15)14(12)17-7-6-11(8-17)9-18-2/h3-5,10-11H,6-9,16H2,1-2H3/t10-,11?/m1/s1. The highest BCUT2D eigenvalue weighted by Gasteiger charge is 2.26. The number of nitrogens with two attached hydrogens (primary N) is 1. The Balaban J connectivity index is 2.23. The molecule has 1 aliphatic heterocycles. The molecule has 0 amide bonds. The smallest absolute Gasteiger partial charge is 0.146 e. The second-order valence-corrected chi connectivity index (χ2v) is 5.02. The van der Waals surface area contributed by atoms with Crippen LogP contribution in [0.2, 0.25) is 0 Å². The third-order valence-electron chi connectivity index (χ3n) is 3.51. The molecular formula is C14H21FN2O. The fraction of sp³-hybridized carbons (Fsp3) is 0.571.